The number of piperidine rings is 3. The van der Waals surface area contributed by atoms with Crippen LogP contribution in [0.3, 0.4) is 0 Å². The lowest BCUT2D eigenvalue weighted by Crippen LogP contribution is -2.56. The van der Waals surface area contributed by atoms with E-state index < -0.39 is 5.60 Å². The Labute approximate surface area is 151 Å². The summed E-state index contributed by atoms with van der Waals surface area (Å²) in [5, 5.41) is 12.2. The summed E-state index contributed by atoms with van der Waals surface area (Å²) >= 11 is 0. The molecule has 0 aliphatic carbocycles. The van der Waals surface area contributed by atoms with Crippen LogP contribution in [0.2, 0.25) is 0 Å². The maximum atomic E-state index is 12.2. The minimum absolute atomic E-state index is 0.315. The Morgan fingerprint density at radius 3 is 2.36 bits per heavy atom. The molecule has 2 aromatic rings. The molecule has 2 unspecified atom stereocenters. The molecule has 3 aliphatic heterocycles. The predicted molar refractivity (Wildman–Crippen MR) is 103 cm³/mol. The molecule has 3 fully saturated rings. The first-order valence-corrected chi connectivity index (χ1v) is 9.63. The highest BCUT2D eigenvalue weighted by Crippen LogP contribution is 2.46. The molecule has 25 heavy (non-hydrogen) atoms. The van der Waals surface area contributed by atoms with E-state index in [1.165, 1.54) is 42.6 Å². The third-order valence-electron chi connectivity index (χ3n) is 6.66. The molecule has 0 amide bonds. The molecule has 5 rings (SSSR count). The van der Waals surface area contributed by atoms with Gasteiger partial charge in [-0.05, 0) is 68.0 Å². The summed E-state index contributed by atoms with van der Waals surface area (Å²) in [4.78, 5) is 2.55. The number of rotatable bonds is 4. The fourth-order valence-electron chi connectivity index (χ4n) is 5.06. The maximum Gasteiger partial charge on any atom is 0.0982 e. The zero-order chi connectivity index (χ0) is 17.4. The number of hydrogen-bond acceptors (Lipinski definition) is 2. The van der Waals surface area contributed by atoms with Crippen molar-refractivity contribution in [2.24, 2.45) is 11.8 Å². The lowest BCUT2D eigenvalue weighted by Gasteiger charge is -2.51. The van der Waals surface area contributed by atoms with Crippen molar-refractivity contribution in [3.8, 4) is 0 Å². The summed E-state index contributed by atoms with van der Waals surface area (Å²) in [7, 11) is 0. The molecule has 0 saturated carbocycles. The molecule has 2 aromatic carbocycles. The molecule has 3 heterocycles. The van der Waals surface area contributed by atoms with Crippen molar-refractivity contribution >= 4 is 0 Å². The van der Waals surface area contributed by atoms with Gasteiger partial charge in [0.25, 0.3) is 0 Å². The standard InChI is InChI=1S/C23H29NO/c1-17-7-6-10-21(18(17)2)23(25,15-19-8-4-3-5-9-19)22-16-24-13-11-20(22)12-14-24/h3-10,20,22,25H,11-16H2,1-2H3. The molecule has 3 saturated heterocycles. The van der Waals surface area contributed by atoms with Crippen molar-refractivity contribution in [1.29, 1.82) is 0 Å². The van der Waals surface area contributed by atoms with Crippen LogP contribution >= 0.6 is 0 Å². The van der Waals surface area contributed by atoms with Gasteiger partial charge in [-0.3, -0.25) is 0 Å². The Bertz CT molecular complexity index is 733. The van der Waals surface area contributed by atoms with Crippen LogP contribution in [0, 0.1) is 25.7 Å². The van der Waals surface area contributed by atoms with Crippen LogP contribution < -0.4 is 0 Å². The summed E-state index contributed by atoms with van der Waals surface area (Å²) in [6.45, 7) is 7.76. The Kier molecular flexibility index (Phi) is 4.43. The van der Waals surface area contributed by atoms with Crippen molar-refractivity contribution < 1.29 is 5.11 Å². The fourth-order valence-corrected chi connectivity index (χ4v) is 5.06. The van der Waals surface area contributed by atoms with Gasteiger partial charge in [0, 0.05) is 18.9 Å². The molecular formula is C23H29NO. The second-order valence-corrected chi connectivity index (χ2v) is 8.08. The zero-order valence-corrected chi connectivity index (χ0v) is 15.4. The fraction of sp³-hybridized carbons (Fsp3) is 0.478. The van der Waals surface area contributed by atoms with Gasteiger partial charge in [-0.25, -0.2) is 0 Å². The molecule has 132 valence electrons. The van der Waals surface area contributed by atoms with Crippen molar-refractivity contribution in [2.75, 3.05) is 19.6 Å². The molecule has 2 atom stereocenters. The minimum atomic E-state index is -0.790. The molecule has 0 radical (unpaired) electrons. The highest BCUT2D eigenvalue weighted by molar-refractivity contribution is 5.39. The molecule has 0 spiro atoms. The first-order chi connectivity index (χ1) is 12.1. The van der Waals surface area contributed by atoms with E-state index in [1.54, 1.807) is 0 Å². The number of aryl methyl sites for hydroxylation is 1. The SMILES string of the molecule is Cc1cccc(C(O)(Cc2ccccc2)C2CN3CCC2CC3)c1C. The van der Waals surface area contributed by atoms with Crippen LogP contribution in [0.1, 0.15) is 35.1 Å². The molecule has 1 N–H and O–H groups in total. The smallest absolute Gasteiger partial charge is 0.0982 e. The van der Waals surface area contributed by atoms with Crippen LogP contribution in [-0.2, 0) is 12.0 Å². The third-order valence-corrected chi connectivity index (χ3v) is 6.66. The van der Waals surface area contributed by atoms with Gasteiger partial charge in [-0.15, -0.1) is 0 Å². The highest BCUT2D eigenvalue weighted by Gasteiger charge is 2.48. The van der Waals surface area contributed by atoms with Crippen LogP contribution in [0.15, 0.2) is 48.5 Å². The molecule has 0 aromatic heterocycles. The average Bonchev–Trinajstić information content (AvgIpc) is 2.65. The number of aliphatic hydroxyl groups is 1. The van der Waals surface area contributed by atoms with Crippen molar-refractivity contribution in [1.82, 2.24) is 4.90 Å². The normalized spacial score (nSPS) is 27.9. The van der Waals surface area contributed by atoms with Crippen molar-refractivity contribution in [2.45, 2.75) is 38.7 Å². The lowest BCUT2D eigenvalue weighted by atomic mass is 9.65. The van der Waals surface area contributed by atoms with E-state index in [2.05, 4.69) is 67.3 Å². The summed E-state index contributed by atoms with van der Waals surface area (Å²) < 4.78 is 0. The van der Waals surface area contributed by atoms with Crippen LogP contribution in [0.5, 0.6) is 0 Å². The topological polar surface area (TPSA) is 23.5 Å². The van der Waals surface area contributed by atoms with E-state index in [0.717, 1.165) is 12.1 Å². The summed E-state index contributed by atoms with van der Waals surface area (Å²) in [5.41, 5.74) is 4.08. The molecular weight excluding hydrogens is 306 g/mol. The van der Waals surface area contributed by atoms with Gasteiger partial charge in [-0.2, -0.15) is 0 Å². The van der Waals surface area contributed by atoms with Crippen molar-refractivity contribution in [3.05, 3.63) is 70.8 Å². The molecule has 2 heteroatoms. The quantitative estimate of drug-likeness (QED) is 0.910. The van der Waals surface area contributed by atoms with E-state index in [-0.39, 0.29) is 0 Å². The third kappa shape index (κ3) is 3.02. The second-order valence-electron chi connectivity index (χ2n) is 8.08. The largest absolute Gasteiger partial charge is 0.384 e. The van der Waals surface area contributed by atoms with Gasteiger partial charge in [0.2, 0.25) is 0 Å². The second kappa shape index (κ2) is 6.59. The van der Waals surface area contributed by atoms with Crippen molar-refractivity contribution in [3.63, 3.8) is 0 Å². The first kappa shape index (κ1) is 16.8. The van der Waals surface area contributed by atoms with Crippen LogP contribution in [-0.4, -0.2) is 29.6 Å². The number of benzene rings is 2. The Balaban J connectivity index is 1.79. The van der Waals surface area contributed by atoms with Gasteiger partial charge in [0.05, 0.1) is 5.60 Å². The first-order valence-electron chi connectivity index (χ1n) is 9.63. The van der Waals surface area contributed by atoms with E-state index in [1.807, 2.05) is 0 Å². The van der Waals surface area contributed by atoms with Crippen LogP contribution in [0.25, 0.3) is 0 Å². The van der Waals surface area contributed by atoms with Gasteiger partial charge < -0.3 is 10.0 Å². The van der Waals surface area contributed by atoms with Gasteiger partial charge in [-0.1, -0.05) is 48.5 Å². The van der Waals surface area contributed by atoms with Crippen LogP contribution in [0.4, 0.5) is 0 Å². The number of nitrogens with zero attached hydrogens (tertiary/aromatic N) is 1. The average molecular weight is 335 g/mol. The number of fused-ring (bicyclic) bond motifs is 3. The number of hydrogen-bond donors (Lipinski definition) is 1. The summed E-state index contributed by atoms with van der Waals surface area (Å²) in [5.74, 6) is 0.953. The minimum Gasteiger partial charge on any atom is -0.384 e. The van der Waals surface area contributed by atoms with Gasteiger partial charge >= 0.3 is 0 Å². The van der Waals surface area contributed by atoms with E-state index in [4.69, 9.17) is 0 Å². The van der Waals surface area contributed by atoms with E-state index in [0.29, 0.717) is 18.3 Å². The zero-order valence-electron chi connectivity index (χ0n) is 15.4. The van der Waals surface area contributed by atoms with Gasteiger partial charge in [0.15, 0.2) is 0 Å². The predicted octanol–water partition coefficient (Wildman–Crippen LogP) is 4.08. The lowest BCUT2D eigenvalue weighted by molar-refractivity contribution is -0.102. The summed E-state index contributed by atoms with van der Waals surface area (Å²) in [6, 6.07) is 16.9. The Morgan fingerprint density at radius 1 is 1.00 bits per heavy atom. The molecule has 2 bridgehead atoms. The Hall–Kier alpha value is -1.64. The molecule has 3 aliphatic rings. The maximum absolute atomic E-state index is 12.2. The van der Waals surface area contributed by atoms with E-state index >= 15 is 0 Å². The monoisotopic (exact) mass is 335 g/mol. The van der Waals surface area contributed by atoms with E-state index in [9.17, 15) is 5.11 Å². The van der Waals surface area contributed by atoms with Gasteiger partial charge in [0.1, 0.15) is 0 Å². The molecule has 2 nitrogen and oxygen atoms in total. The highest BCUT2D eigenvalue weighted by atomic mass is 16.3. The Morgan fingerprint density at radius 2 is 1.72 bits per heavy atom. The summed E-state index contributed by atoms with van der Waals surface area (Å²) in [6.07, 6.45) is 3.16.